The van der Waals surface area contributed by atoms with E-state index in [1.54, 1.807) is 0 Å². The number of carbonyl (C=O) groups excluding carboxylic acids is 3. The van der Waals surface area contributed by atoms with Crippen LogP contribution in [0.4, 0.5) is 9.59 Å². The predicted octanol–water partition coefficient (Wildman–Crippen LogP) is -1.81. The van der Waals surface area contributed by atoms with Gasteiger partial charge in [0.15, 0.2) is 0 Å². The molecule has 3 heterocycles. The molecular weight excluding hydrogens is 374 g/mol. The fourth-order valence-electron chi connectivity index (χ4n) is 3.34. The number of nitrogens with zero attached hydrogens (tertiary/aromatic N) is 3. The van der Waals surface area contributed by atoms with E-state index in [2.05, 4.69) is 9.76 Å². The molecule has 3 atom stereocenters. The van der Waals surface area contributed by atoms with E-state index in [1.807, 2.05) is 0 Å². The fraction of sp³-hybridized carbons (Fsp3) is 0.750. The second-order valence-electron chi connectivity index (χ2n) is 6.29. The summed E-state index contributed by atoms with van der Waals surface area (Å²) in [5.41, 5.74) is 7.45. The molecule has 2 bridgehead atoms. The maximum absolute atomic E-state index is 12.3. The predicted molar refractivity (Wildman–Crippen MR) is 82.2 cm³/mol. The number of fused-ring (bicyclic) bond motifs is 2. The second kappa shape index (κ2) is 6.86. The van der Waals surface area contributed by atoms with Crippen molar-refractivity contribution < 1.29 is 36.5 Å². The van der Waals surface area contributed by atoms with Crippen LogP contribution in [0.15, 0.2) is 0 Å². The number of carbonyl (C=O) groups is 3. The highest BCUT2D eigenvalue weighted by molar-refractivity contribution is 7.80. The van der Waals surface area contributed by atoms with Gasteiger partial charge in [-0.1, -0.05) is 0 Å². The fourth-order valence-corrected chi connectivity index (χ4v) is 3.73. The van der Waals surface area contributed by atoms with E-state index >= 15 is 0 Å². The number of hydrogen-bond acceptors (Lipinski definition) is 7. The molecule has 1 unspecified atom stereocenters. The summed E-state index contributed by atoms with van der Waals surface area (Å²) >= 11 is 0. The first kappa shape index (κ1) is 18.6. The Balaban J connectivity index is 1.55. The molecule has 5 amide bonds. The van der Waals surface area contributed by atoms with Gasteiger partial charge in [0.1, 0.15) is 12.1 Å². The molecular formula is C12H19N5O8S. The van der Waals surface area contributed by atoms with Crippen molar-refractivity contribution in [1.29, 1.82) is 0 Å². The Morgan fingerprint density at radius 1 is 1.23 bits per heavy atom. The Morgan fingerprint density at radius 3 is 2.58 bits per heavy atom. The van der Waals surface area contributed by atoms with Crippen LogP contribution in [-0.2, 0) is 24.3 Å². The molecule has 0 saturated carbocycles. The Labute approximate surface area is 148 Å². The average Bonchev–Trinajstić information content (AvgIpc) is 3.12. The third-order valence-electron chi connectivity index (χ3n) is 4.58. The Hall–Kier alpha value is -2.16. The van der Waals surface area contributed by atoms with Crippen LogP contribution in [0.5, 0.6) is 0 Å². The summed E-state index contributed by atoms with van der Waals surface area (Å²) in [6.07, 6.45) is 0.689. The van der Waals surface area contributed by atoms with E-state index in [4.69, 9.17) is 15.1 Å². The van der Waals surface area contributed by atoms with Crippen LogP contribution >= 0.6 is 0 Å². The van der Waals surface area contributed by atoms with Crippen molar-refractivity contribution in [2.24, 2.45) is 5.73 Å². The van der Waals surface area contributed by atoms with Crippen LogP contribution in [0.1, 0.15) is 19.3 Å². The van der Waals surface area contributed by atoms with Gasteiger partial charge in [0.2, 0.25) is 0 Å². The molecule has 4 N–H and O–H groups in total. The molecule has 3 saturated heterocycles. The first-order valence-corrected chi connectivity index (χ1v) is 9.29. The van der Waals surface area contributed by atoms with Gasteiger partial charge in [0, 0.05) is 13.1 Å². The molecule has 0 radical (unpaired) electrons. The topological polar surface area (TPSA) is 172 Å². The van der Waals surface area contributed by atoms with Crippen LogP contribution in [0.2, 0.25) is 0 Å². The average molecular weight is 393 g/mol. The molecule has 13 nitrogen and oxygen atoms in total. The standard InChI is InChI=1S/C12H19N5O8S/c13-11(19)15-4-3-8(6-15)24-14-10(18)9-2-1-7-5-16(9)12(20)17(7)25-26(21,22)23/h7-9H,1-6H2,(H2,13,19)(H,14,18)(H,21,22,23)/t7-,8?,9+/m0/s1. The lowest BCUT2D eigenvalue weighted by molar-refractivity contribution is -0.143. The molecule has 3 aliphatic heterocycles. The van der Waals surface area contributed by atoms with Gasteiger partial charge in [-0.05, 0) is 19.3 Å². The number of amides is 5. The normalized spacial score (nSPS) is 28.6. The molecule has 0 aliphatic carbocycles. The lowest BCUT2D eigenvalue weighted by Crippen LogP contribution is -2.50. The van der Waals surface area contributed by atoms with E-state index in [0.29, 0.717) is 24.4 Å². The molecule has 0 spiro atoms. The van der Waals surface area contributed by atoms with Gasteiger partial charge >= 0.3 is 22.5 Å². The highest BCUT2D eigenvalue weighted by Gasteiger charge is 2.49. The van der Waals surface area contributed by atoms with Gasteiger partial charge in [-0.2, -0.15) is 13.5 Å². The number of piperidine rings is 1. The van der Waals surface area contributed by atoms with Gasteiger partial charge in [0.05, 0.1) is 12.6 Å². The molecule has 3 rings (SSSR count). The van der Waals surface area contributed by atoms with Crippen molar-refractivity contribution in [1.82, 2.24) is 20.3 Å². The minimum absolute atomic E-state index is 0.0886. The van der Waals surface area contributed by atoms with E-state index in [-0.39, 0.29) is 19.5 Å². The minimum Gasteiger partial charge on any atom is -0.351 e. The second-order valence-corrected chi connectivity index (χ2v) is 7.29. The van der Waals surface area contributed by atoms with Crippen LogP contribution < -0.4 is 11.2 Å². The first-order chi connectivity index (χ1) is 12.2. The summed E-state index contributed by atoms with van der Waals surface area (Å²) in [6, 6.07) is -2.83. The van der Waals surface area contributed by atoms with Gasteiger partial charge < -0.3 is 15.5 Å². The third-order valence-corrected chi connectivity index (χ3v) is 4.93. The molecule has 146 valence electrons. The van der Waals surface area contributed by atoms with Crippen molar-refractivity contribution in [2.45, 2.75) is 37.5 Å². The highest BCUT2D eigenvalue weighted by Crippen LogP contribution is 2.30. The van der Waals surface area contributed by atoms with Gasteiger partial charge in [-0.15, -0.1) is 4.28 Å². The quantitative estimate of drug-likeness (QED) is 0.362. The number of nitrogens with one attached hydrogen (secondary N) is 1. The summed E-state index contributed by atoms with van der Waals surface area (Å²) < 4.78 is 34.7. The Kier molecular flexibility index (Phi) is 4.92. The number of likely N-dealkylation sites (tertiary alicyclic amines) is 1. The first-order valence-electron chi connectivity index (χ1n) is 7.92. The number of hydrogen-bond donors (Lipinski definition) is 3. The number of primary amides is 1. The molecule has 0 aromatic carbocycles. The van der Waals surface area contributed by atoms with Gasteiger partial charge in [0.25, 0.3) is 5.91 Å². The molecule has 0 aromatic heterocycles. The smallest absolute Gasteiger partial charge is 0.351 e. The number of rotatable bonds is 5. The zero-order valence-corrected chi connectivity index (χ0v) is 14.4. The zero-order chi connectivity index (χ0) is 19.1. The van der Waals surface area contributed by atoms with E-state index < -0.39 is 46.6 Å². The van der Waals surface area contributed by atoms with Crippen LogP contribution in [-0.4, -0.2) is 83.6 Å². The number of hydroxylamine groups is 3. The van der Waals surface area contributed by atoms with Crippen LogP contribution in [0, 0.1) is 0 Å². The van der Waals surface area contributed by atoms with Gasteiger partial charge in [-0.3, -0.25) is 14.2 Å². The third kappa shape index (κ3) is 3.82. The van der Waals surface area contributed by atoms with Crippen molar-refractivity contribution in [2.75, 3.05) is 19.6 Å². The molecule has 0 aromatic rings. The lowest BCUT2D eigenvalue weighted by Gasteiger charge is -2.29. The number of nitrogens with two attached hydrogens (primary N) is 1. The van der Waals surface area contributed by atoms with Crippen molar-refractivity contribution in [3.8, 4) is 0 Å². The number of urea groups is 2. The van der Waals surface area contributed by atoms with E-state index in [1.165, 1.54) is 4.90 Å². The van der Waals surface area contributed by atoms with Crippen LogP contribution in [0.3, 0.4) is 0 Å². The largest absolute Gasteiger partial charge is 0.418 e. The summed E-state index contributed by atoms with van der Waals surface area (Å²) in [7, 11) is -4.84. The van der Waals surface area contributed by atoms with Crippen molar-refractivity contribution >= 4 is 28.4 Å². The van der Waals surface area contributed by atoms with Crippen molar-refractivity contribution in [3.05, 3.63) is 0 Å². The van der Waals surface area contributed by atoms with E-state index in [9.17, 15) is 22.8 Å². The molecule has 26 heavy (non-hydrogen) atoms. The monoisotopic (exact) mass is 393 g/mol. The maximum Gasteiger partial charge on any atom is 0.418 e. The Bertz CT molecular complexity index is 714. The zero-order valence-electron chi connectivity index (χ0n) is 13.6. The molecule has 3 aliphatic rings. The summed E-state index contributed by atoms with van der Waals surface area (Å²) in [6.45, 7) is 0.764. The highest BCUT2D eigenvalue weighted by atomic mass is 32.3. The van der Waals surface area contributed by atoms with Crippen molar-refractivity contribution in [3.63, 3.8) is 0 Å². The lowest BCUT2D eigenvalue weighted by atomic mass is 10.0. The maximum atomic E-state index is 12.3. The summed E-state index contributed by atoms with van der Waals surface area (Å²) in [5, 5.41) is 0.561. The SMILES string of the molecule is NC(=O)N1CCC(ONC(=O)[C@H]2CC[C@H]3CN2C(=O)N3OS(=O)(=O)O)C1. The van der Waals surface area contributed by atoms with Crippen LogP contribution in [0.25, 0.3) is 0 Å². The minimum atomic E-state index is -4.84. The summed E-state index contributed by atoms with van der Waals surface area (Å²) in [5.74, 6) is -0.567. The molecule has 14 heteroatoms. The Morgan fingerprint density at radius 2 is 1.96 bits per heavy atom. The van der Waals surface area contributed by atoms with Gasteiger partial charge in [-0.25, -0.2) is 15.1 Å². The summed E-state index contributed by atoms with van der Waals surface area (Å²) in [4.78, 5) is 43.5. The van der Waals surface area contributed by atoms with E-state index in [0.717, 1.165) is 4.90 Å². The molecule has 3 fully saturated rings.